The van der Waals surface area contributed by atoms with Gasteiger partial charge in [0.1, 0.15) is 11.6 Å². The number of likely N-dealkylation sites (N-methyl/N-ethyl adjacent to an activating group) is 1. The van der Waals surface area contributed by atoms with Crippen molar-refractivity contribution in [2.24, 2.45) is 11.8 Å². The van der Waals surface area contributed by atoms with Crippen molar-refractivity contribution in [2.75, 3.05) is 51.2 Å². The van der Waals surface area contributed by atoms with Gasteiger partial charge >= 0.3 is 0 Å². The normalized spacial score (nSPS) is 21.6. The standard InChI is InChI=1S/C21H32N4O2/c1-16(2)13-19(26)18-5-4-8-25(15-18)21(27)17-6-7-20(22-14-17)24-11-9-23(3)10-12-24/h6-7,14,16,18H,4-5,8-13,15H2,1-3H3/t18-/m1/s1. The molecule has 1 atom stereocenters. The molecule has 148 valence electrons. The van der Waals surface area contributed by atoms with Crippen molar-refractivity contribution in [3.63, 3.8) is 0 Å². The van der Waals surface area contributed by atoms with E-state index in [1.165, 1.54) is 0 Å². The fourth-order valence-corrected chi connectivity index (χ4v) is 3.91. The average molecular weight is 373 g/mol. The van der Waals surface area contributed by atoms with E-state index in [2.05, 4.69) is 35.7 Å². The quantitative estimate of drug-likeness (QED) is 0.794. The molecule has 2 fully saturated rings. The second-order valence-electron chi connectivity index (χ2n) is 8.35. The van der Waals surface area contributed by atoms with E-state index in [4.69, 9.17) is 0 Å². The third kappa shape index (κ3) is 5.06. The van der Waals surface area contributed by atoms with Crippen molar-refractivity contribution in [3.8, 4) is 0 Å². The summed E-state index contributed by atoms with van der Waals surface area (Å²) in [5.74, 6) is 1.58. The van der Waals surface area contributed by atoms with Crippen LogP contribution in [0.5, 0.6) is 0 Å². The van der Waals surface area contributed by atoms with Crippen LogP contribution >= 0.6 is 0 Å². The van der Waals surface area contributed by atoms with Gasteiger partial charge in [0.15, 0.2) is 0 Å². The van der Waals surface area contributed by atoms with Gasteiger partial charge in [-0.25, -0.2) is 4.98 Å². The molecule has 6 nitrogen and oxygen atoms in total. The van der Waals surface area contributed by atoms with Crippen molar-refractivity contribution >= 4 is 17.5 Å². The highest BCUT2D eigenvalue weighted by molar-refractivity contribution is 5.94. The Bertz CT molecular complexity index is 651. The van der Waals surface area contributed by atoms with E-state index < -0.39 is 0 Å². The Kier molecular flexibility index (Phi) is 6.47. The molecule has 2 saturated heterocycles. The Labute approximate surface area is 162 Å². The smallest absolute Gasteiger partial charge is 0.255 e. The molecule has 1 aromatic rings. The molecule has 0 saturated carbocycles. The fourth-order valence-electron chi connectivity index (χ4n) is 3.91. The van der Waals surface area contributed by atoms with Crippen LogP contribution in [0.25, 0.3) is 0 Å². The summed E-state index contributed by atoms with van der Waals surface area (Å²) in [7, 11) is 2.13. The third-order valence-electron chi connectivity index (χ3n) is 5.60. The molecule has 27 heavy (non-hydrogen) atoms. The number of nitrogens with zero attached hydrogens (tertiary/aromatic N) is 4. The lowest BCUT2D eigenvalue weighted by atomic mass is 9.89. The highest BCUT2D eigenvalue weighted by atomic mass is 16.2. The zero-order valence-corrected chi connectivity index (χ0v) is 16.9. The summed E-state index contributed by atoms with van der Waals surface area (Å²) in [4.78, 5) is 36.2. The number of hydrogen-bond donors (Lipinski definition) is 0. The van der Waals surface area contributed by atoms with Crippen LogP contribution in [0.2, 0.25) is 0 Å². The molecule has 2 aliphatic rings. The van der Waals surface area contributed by atoms with Gasteiger partial charge in [-0.2, -0.15) is 0 Å². The molecule has 6 heteroatoms. The van der Waals surface area contributed by atoms with Crippen molar-refractivity contribution in [2.45, 2.75) is 33.1 Å². The molecular weight excluding hydrogens is 340 g/mol. The number of amides is 1. The largest absolute Gasteiger partial charge is 0.354 e. The minimum atomic E-state index is -0.0114. The fraction of sp³-hybridized carbons (Fsp3) is 0.667. The number of carbonyl (C=O) groups excluding carboxylic acids is 2. The number of piperidine rings is 1. The van der Waals surface area contributed by atoms with Gasteiger partial charge in [0.2, 0.25) is 0 Å². The molecule has 0 spiro atoms. The third-order valence-corrected chi connectivity index (χ3v) is 5.60. The maximum absolute atomic E-state index is 12.9. The van der Waals surface area contributed by atoms with Gasteiger partial charge in [-0.05, 0) is 37.9 Å². The summed E-state index contributed by atoms with van der Waals surface area (Å²) in [6.45, 7) is 9.39. The summed E-state index contributed by atoms with van der Waals surface area (Å²) in [5, 5.41) is 0. The first-order valence-corrected chi connectivity index (χ1v) is 10.2. The molecule has 3 rings (SSSR count). The van der Waals surface area contributed by atoms with Gasteiger partial charge in [-0.15, -0.1) is 0 Å². The first-order chi connectivity index (χ1) is 12.9. The minimum Gasteiger partial charge on any atom is -0.354 e. The van der Waals surface area contributed by atoms with Gasteiger partial charge in [-0.1, -0.05) is 13.8 Å². The molecule has 0 bridgehead atoms. The highest BCUT2D eigenvalue weighted by Crippen LogP contribution is 2.22. The molecule has 1 aromatic heterocycles. The molecule has 2 aliphatic heterocycles. The Morgan fingerprint density at radius 2 is 1.89 bits per heavy atom. The van der Waals surface area contributed by atoms with E-state index in [-0.39, 0.29) is 11.8 Å². The predicted octanol–water partition coefficient (Wildman–Crippen LogP) is 2.30. The Morgan fingerprint density at radius 3 is 2.52 bits per heavy atom. The van der Waals surface area contributed by atoms with Gasteiger partial charge < -0.3 is 14.7 Å². The van der Waals surface area contributed by atoms with E-state index in [1.807, 2.05) is 17.0 Å². The molecule has 0 aliphatic carbocycles. The van der Waals surface area contributed by atoms with Crippen molar-refractivity contribution in [1.82, 2.24) is 14.8 Å². The van der Waals surface area contributed by atoms with Crippen LogP contribution in [0.3, 0.4) is 0 Å². The maximum Gasteiger partial charge on any atom is 0.255 e. The molecule has 0 aromatic carbocycles. The van der Waals surface area contributed by atoms with Crippen molar-refractivity contribution < 1.29 is 9.59 Å². The van der Waals surface area contributed by atoms with Crippen LogP contribution in [0.1, 0.15) is 43.5 Å². The van der Waals surface area contributed by atoms with Crippen molar-refractivity contribution in [1.29, 1.82) is 0 Å². The van der Waals surface area contributed by atoms with Gasteiger partial charge in [0.05, 0.1) is 5.56 Å². The number of carbonyl (C=O) groups is 2. The van der Waals surface area contributed by atoms with Gasteiger partial charge in [-0.3, -0.25) is 9.59 Å². The summed E-state index contributed by atoms with van der Waals surface area (Å²) in [6.07, 6.45) is 4.09. The molecular formula is C21H32N4O2. The number of pyridine rings is 1. The lowest BCUT2D eigenvalue weighted by Gasteiger charge is -2.33. The van der Waals surface area contributed by atoms with Gasteiger partial charge in [0.25, 0.3) is 5.91 Å². The van der Waals surface area contributed by atoms with E-state index in [1.54, 1.807) is 6.20 Å². The van der Waals surface area contributed by atoms with E-state index in [0.29, 0.717) is 30.2 Å². The number of ketones is 1. The second kappa shape index (κ2) is 8.83. The summed E-state index contributed by atoms with van der Waals surface area (Å²) in [6, 6.07) is 3.83. The Balaban J connectivity index is 1.60. The number of piperazine rings is 1. The van der Waals surface area contributed by atoms with Crippen LogP contribution in [0, 0.1) is 11.8 Å². The van der Waals surface area contributed by atoms with Crippen LogP contribution < -0.4 is 4.90 Å². The second-order valence-corrected chi connectivity index (χ2v) is 8.35. The van der Waals surface area contributed by atoms with E-state index in [0.717, 1.165) is 51.4 Å². The topological polar surface area (TPSA) is 56.8 Å². The van der Waals surface area contributed by atoms with Crippen LogP contribution in [-0.4, -0.2) is 72.8 Å². The number of likely N-dealkylation sites (tertiary alicyclic amines) is 1. The van der Waals surface area contributed by atoms with E-state index >= 15 is 0 Å². The predicted molar refractivity (Wildman–Crippen MR) is 107 cm³/mol. The highest BCUT2D eigenvalue weighted by Gasteiger charge is 2.29. The van der Waals surface area contributed by atoms with Crippen LogP contribution in [0.15, 0.2) is 18.3 Å². The van der Waals surface area contributed by atoms with Crippen LogP contribution in [-0.2, 0) is 4.79 Å². The van der Waals surface area contributed by atoms with Crippen molar-refractivity contribution in [3.05, 3.63) is 23.9 Å². The summed E-state index contributed by atoms with van der Waals surface area (Å²) in [5.41, 5.74) is 0.616. The molecule has 0 N–H and O–H groups in total. The molecule has 3 heterocycles. The number of anilines is 1. The number of Topliss-reactive ketones (excluding diaryl/α,β-unsaturated/α-hetero) is 1. The lowest BCUT2D eigenvalue weighted by molar-refractivity contribution is -0.124. The molecule has 0 radical (unpaired) electrons. The average Bonchev–Trinajstić information content (AvgIpc) is 2.68. The van der Waals surface area contributed by atoms with E-state index in [9.17, 15) is 9.59 Å². The maximum atomic E-state index is 12.9. The minimum absolute atomic E-state index is 0.00512. The number of hydrogen-bond acceptors (Lipinski definition) is 5. The monoisotopic (exact) mass is 372 g/mol. The van der Waals surface area contributed by atoms with Crippen LogP contribution in [0.4, 0.5) is 5.82 Å². The Hall–Kier alpha value is -1.95. The zero-order valence-electron chi connectivity index (χ0n) is 16.9. The Morgan fingerprint density at radius 1 is 1.15 bits per heavy atom. The zero-order chi connectivity index (χ0) is 19.4. The summed E-state index contributed by atoms with van der Waals surface area (Å²) >= 11 is 0. The summed E-state index contributed by atoms with van der Waals surface area (Å²) < 4.78 is 0. The van der Waals surface area contributed by atoms with Gasteiger partial charge in [0, 0.05) is 57.8 Å². The number of rotatable bonds is 5. The number of aromatic nitrogens is 1. The lowest BCUT2D eigenvalue weighted by Crippen LogP contribution is -2.45. The SMILES string of the molecule is CC(C)CC(=O)[C@@H]1CCCN(C(=O)c2ccc(N3CCN(C)CC3)nc2)C1. The molecule has 1 amide bonds. The first-order valence-electron chi connectivity index (χ1n) is 10.2. The molecule has 0 unspecified atom stereocenters. The first kappa shape index (κ1) is 19.8.